The number of ether oxygens (including phenoxy) is 2. The van der Waals surface area contributed by atoms with E-state index in [-0.39, 0.29) is 37.7 Å². The third-order valence-electron chi connectivity index (χ3n) is 9.34. The van der Waals surface area contributed by atoms with Crippen LogP contribution in [0.2, 0.25) is 0 Å². The van der Waals surface area contributed by atoms with E-state index in [0.717, 1.165) is 24.2 Å². The molecule has 38 heavy (non-hydrogen) atoms. The van der Waals surface area contributed by atoms with Crippen LogP contribution in [0, 0.1) is 35.0 Å². The zero-order chi connectivity index (χ0) is 28.0. The smallest absolute Gasteiger partial charge is 0.333 e. The van der Waals surface area contributed by atoms with Crippen molar-refractivity contribution in [2.75, 3.05) is 19.8 Å². The number of aliphatic hydroxyl groups excluding tert-OH is 1. The van der Waals surface area contributed by atoms with E-state index in [4.69, 9.17) is 9.47 Å². The minimum absolute atomic E-state index is 0.0127. The Labute approximate surface area is 233 Å². The van der Waals surface area contributed by atoms with Crippen molar-refractivity contribution < 1.29 is 24.2 Å². The summed E-state index contributed by atoms with van der Waals surface area (Å²) in [6.45, 7) is 11.7. The van der Waals surface area contributed by atoms with E-state index in [0.29, 0.717) is 17.9 Å². The molecule has 5 heteroatoms. The number of hydrogen-bond donors (Lipinski definition) is 1. The number of aliphatic hydroxyl groups is 1. The van der Waals surface area contributed by atoms with Gasteiger partial charge in [-0.25, -0.2) is 4.79 Å². The van der Waals surface area contributed by atoms with Crippen LogP contribution >= 0.6 is 0 Å². The first kappa shape index (κ1) is 32.8. The van der Waals surface area contributed by atoms with Gasteiger partial charge >= 0.3 is 11.9 Å². The third kappa shape index (κ3) is 12.2. The number of rotatable bonds is 17. The molecule has 0 amide bonds. The number of esters is 2. The second-order valence-corrected chi connectivity index (χ2v) is 13.3. The summed E-state index contributed by atoms with van der Waals surface area (Å²) in [6.07, 6.45) is 20.5. The lowest BCUT2D eigenvalue weighted by atomic mass is 9.73. The van der Waals surface area contributed by atoms with Crippen molar-refractivity contribution in [1.82, 2.24) is 0 Å². The maximum atomic E-state index is 12.6. The number of unbranched alkanes of at least 4 members (excludes halogenated alkanes) is 2. The topological polar surface area (TPSA) is 72.8 Å². The van der Waals surface area contributed by atoms with Crippen molar-refractivity contribution >= 4 is 11.9 Å². The van der Waals surface area contributed by atoms with Crippen LogP contribution in [0.25, 0.3) is 0 Å². The highest BCUT2D eigenvalue weighted by Crippen LogP contribution is 2.39. The largest absolute Gasteiger partial charge is 0.465 e. The first-order chi connectivity index (χ1) is 18.1. The Morgan fingerprint density at radius 2 is 1.34 bits per heavy atom. The number of carbonyl (C=O) groups excluding carboxylic acids is 2. The van der Waals surface area contributed by atoms with Crippen molar-refractivity contribution in [1.29, 1.82) is 0 Å². The molecular formula is C33H58O5. The minimum atomic E-state index is -0.722. The molecule has 0 aromatic heterocycles. The van der Waals surface area contributed by atoms with E-state index < -0.39 is 5.41 Å². The van der Waals surface area contributed by atoms with Gasteiger partial charge in [0.2, 0.25) is 0 Å². The van der Waals surface area contributed by atoms with Crippen LogP contribution in [-0.2, 0) is 19.1 Å². The van der Waals surface area contributed by atoms with Gasteiger partial charge in [-0.2, -0.15) is 0 Å². The Bertz CT molecular complexity index is 698. The first-order valence-corrected chi connectivity index (χ1v) is 15.7. The van der Waals surface area contributed by atoms with Crippen LogP contribution in [0.5, 0.6) is 0 Å². The first-order valence-electron chi connectivity index (χ1n) is 15.7. The van der Waals surface area contributed by atoms with Crippen LogP contribution in [0.15, 0.2) is 12.2 Å². The Morgan fingerprint density at radius 1 is 0.842 bits per heavy atom. The van der Waals surface area contributed by atoms with Gasteiger partial charge in [0.1, 0.15) is 0 Å². The normalized spacial score (nSPS) is 25.0. The summed E-state index contributed by atoms with van der Waals surface area (Å²) in [5, 5.41) is 9.25. The lowest BCUT2D eigenvalue weighted by Crippen LogP contribution is -2.31. The second-order valence-electron chi connectivity index (χ2n) is 13.3. The Balaban J connectivity index is 1.73. The Morgan fingerprint density at radius 3 is 1.84 bits per heavy atom. The molecule has 0 aliphatic heterocycles. The highest BCUT2D eigenvalue weighted by Gasteiger charge is 2.31. The van der Waals surface area contributed by atoms with Crippen molar-refractivity contribution in [3.05, 3.63) is 12.2 Å². The lowest BCUT2D eigenvalue weighted by Gasteiger charge is -2.33. The van der Waals surface area contributed by atoms with E-state index in [2.05, 4.69) is 13.5 Å². The van der Waals surface area contributed by atoms with Crippen molar-refractivity contribution in [3.63, 3.8) is 0 Å². The molecule has 5 nitrogen and oxygen atoms in total. The van der Waals surface area contributed by atoms with E-state index >= 15 is 0 Å². The Hall–Kier alpha value is -1.36. The highest BCUT2D eigenvalue weighted by atomic mass is 16.5. The van der Waals surface area contributed by atoms with Gasteiger partial charge < -0.3 is 14.6 Å². The molecule has 2 saturated carbocycles. The summed E-state index contributed by atoms with van der Waals surface area (Å²) in [7, 11) is 0. The van der Waals surface area contributed by atoms with E-state index in [1.807, 2.05) is 0 Å². The van der Waals surface area contributed by atoms with E-state index in [1.165, 1.54) is 89.9 Å². The quantitative estimate of drug-likeness (QED) is 0.116. The fourth-order valence-corrected chi connectivity index (χ4v) is 6.46. The number of carbonyl (C=O) groups is 2. The van der Waals surface area contributed by atoms with Crippen molar-refractivity contribution in [3.8, 4) is 0 Å². The summed E-state index contributed by atoms with van der Waals surface area (Å²) >= 11 is 0. The maximum absolute atomic E-state index is 12.6. The molecule has 2 aliphatic rings. The van der Waals surface area contributed by atoms with Gasteiger partial charge in [0.05, 0.1) is 18.6 Å². The molecule has 0 spiro atoms. The molecule has 0 heterocycles. The molecule has 1 unspecified atom stereocenters. The van der Waals surface area contributed by atoms with Crippen LogP contribution in [-0.4, -0.2) is 36.9 Å². The molecule has 0 aromatic rings. The van der Waals surface area contributed by atoms with E-state index in [1.54, 1.807) is 20.8 Å². The standard InChI is InChI=1S/C33H58O5/c1-6-7-8-9-26-10-12-27(13-11-26)14-15-28-16-18-29(19-17-28)22-30(23-37-31(35)25(2)3)24-38-32(36)33(4,5)20-21-34/h26-30,34H,2,6-24H2,1,3-5H3. The lowest BCUT2D eigenvalue weighted by molar-refractivity contribution is -0.157. The van der Waals surface area contributed by atoms with Crippen LogP contribution in [0.3, 0.4) is 0 Å². The zero-order valence-corrected chi connectivity index (χ0v) is 25.1. The predicted molar refractivity (Wildman–Crippen MR) is 155 cm³/mol. The highest BCUT2D eigenvalue weighted by molar-refractivity contribution is 5.86. The molecule has 220 valence electrons. The molecule has 2 aliphatic carbocycles. The molecule has 1 N–H and O–H groups in total. The minimum Gasteiger partial charge on any atom is -0.465 e. The fourth-order valence-electron chi connectivity index (χ4n) is 6.46. The molecular weight excluding hydrogens is 476 g/mol. The second kappa shape index (κ2) is 17.4. The molecule has 0 bridgehead atoms. The predicted octanol–water partition coefficient (Wildman–Crippen LogP) is 8.04. The molecule has 1 atom stereocenters. The van der Waals surface area contributed by atoms with E-state index in [9.17, 15) is 14.7 Å². The molecule has 2 rings (SSSR count). The SMILES string of the molecule is C=C(C)C(=O)OCC(COC(=O)C(C)(C)CCO)CC1CCC(CCC2CCC(CCCCC)CC2)CC1. The van der Waals surface area contributed by atoms with Crippen LogP contribution < -0.4 is 0 Å². The van der Waals surface area contributed by atoms with Gasteiger partial charge in [-0.15, -0.1) is 0 Å². The molecule has 0 saturated heterocycles. The fraction of sp³-hybridized carbons (Fsp3) is 0.879. The van der Waals surface area contributed by atoms with Crippen molar-refractivity contribution in [2.24, 2.45) is 35.0 Å². The van der Waals surface area contributed by atoms with Gasteiger partial charge in [-0.1, -0.05) is 103 Å². The van der Waals surface area contributed by atoms with Crippen molar-refractivity contribution in [2.45, 2.75) is 130 Å². The van der Waals surface area contributed by atoms with Gasteiger partial charge in [0.25, 0.3) is 0 Å². The summed E-state index contributed by atoms with van der Waals surface area (Å²) in [6, 6.07) is 0. The molecule has 2 fully saturated rings. The van der Waals surface area contributed by atoms with Gasteiger partial charge in [-0.3, -0.25) is 4.79 Å². The maximum Gasteiger partial charge on any atom is 0.333 e. The van der Waals surface area contributed by atoms with Gasteiger partial charge in [-0.05, 0) is 57.3 Å². The summed E-state index contributed by atoms with van der Waals surface area (Å²) in [4.78, 5) is 24.6. The summed E-state index contributed by atoms with van der Waals surface area (Å²) in [5.74, 6) is 2.68. The third-order valence-corrected chi connectivity index (χ3v) is 9.34. The summed E-state index contributed by atoms with van der Waals surface area (Å²) < 4.78 is 11.1. The molecule has 0 radical (unpaired) electrons. The van der Waals surface area contributed by atoms with Gasteiger partial charge in [0, 0.05) is 18.1 Å². The monoisotopic (exact) mass is 534 g/mol. The average Bonchev–Trinajstić information content (AvgIpc) is 2.90. The summed E-state index contributed by atoms with van der Waals surface area (Å²) in [5.41, 5.74) is -0.338. The molecule has 0 aromatic carbocycles. The van der Waals surface area contributed by atoms with Crippen LogP contribution in [0.4, 0.5) is 0 Å². The Kier molecular flexibility index (Phi) is 15.0. The van der Waals surface area contributed by atoms with Gasteiger partial charge in [0.15, 0.2) is 0 Å². The number of hydrogen-bond acceptors (Lipinski definition) is 5. The zero-order valence-electron chi connectivity index (χ0n) is 25.1. The average molecular weight is 535 g/mol. The van der Waals surface area contributed by atoms with Crippen LogP contribution in [0.1, 0.15) is 130 Å².